The third-order valence-electron chi connectivity index (χ3n) is 2.99. The van der Waals surface area contributed by atoms with Crippen molar-refractivity contribution in [2.75, 3.05) is 5.32 Å². The van der Waals surface area contributed by atoms with Crippen LogP contribution in [0.4, 0.5) is 5.69 Å². The lowest BCUT2D eigenvalue weighted by Gasteiger charge is -2.16. The fourth-order valence-corrected chi connectivity index (χ4v) is 2.21. The normalized spacial score (nSPS) is 15.7. The van der Waals surface area contributed by atoms with Gasteiger partial charge in [-0.25, -0.2) is 4.99 Å². The Morgan fingerprint density at radius 3 is 2.30 bits per heavy atom. The van der Waals surface area contributed by atoms with E-state index in [0.717, 1.165) is 22.6 Å². The number of hydrogen-bond acceptors (Lipinski definition) is 2. The average molecular weight is 266 g/mol. The maximum absolute atomic E-state index is 5.95. The molecule has 3 nitrogen and oxygen atoms in total. The van der Waals surface area contributed by atoms with Gasteiger partial charge in [-0.3, -0.25) is 0 Å². The third-order valence-corrected chi connectivity index (χ3v) is 2.99. The van der Waals surface area contributed by atoms with Gasteiger partial charge in [0, 0.05) is 11.1 Å². The van der Waals surface area contributed by atoms with Gasteiger partial charge in [0.1, 0.15) is 5.75 Å². The molecule has 0 atom stereocenters. The summed E-state index contributed by atoms with van der Waals surface area (Å²) < 4.78 is 5.95. The fourth-order valence-electron chi connectivity index (χ4n) is 2.21. The quantitative estimate of drug-likeness (QED) is 0.770. The molecule has 0 radical (unpaired) electrons. The molecule has 0 aliphatic carbocycles. The summed E-state index contributed by atoms with van der Waals surface area (Å²) in [5, 5.41) is 3.29. The molecule has 0 aromatic heterocycles. The largest absolute Gasteiger partial charge is 0.425 e. The Bertz CT molecular complexity index is 619. The lowest BCUT2D eigenvalue weighted by atomic mass is 10.0. The minimum absolute atomic E-state index is 0.198. The predicted octanol–water partition coefficient (Wildman–Crippen LogP) is 4.31. The molecular weight excluding hydrogens is 248 g/mol. The van der Waals surface area contributed by atoms with Gasteiger partial charge in [-0.05, 0) is 32.9 Å². The van der Waals surface area contributed by atoms with Crippen molar-refractivity contribution in [2.45, 2.75) is 26.3 Å². The highest BCUT2D eigenvalue weighted by atomic mass is 16.5. The molecule has 0 saturated carbocycles. The Kier molecular flexibility index (Phi) is 2.97. The predicted molar refractivity (Wildman–Crippen MR) is 83.3 cm³/mol. The number of nitrogens with zero attached hydrogens (tertiary/aromatic N) is 1. The molecule has 2 aromatic rings. The van der Waals surface area contributed by atoms with E-state index in [1.54, 1.807) is 0 Å². The number of rotatable bonds is 0. The number of aliphatic imine (C=N–C) groups is 1. The smallest absolute Gasteiger partial charge is 0.295 e. The van der Waals surface area contributed by atoms with Crippen LogP contribution in [0.25, 0.3) is 11.1 Å². The third kappa shape index (κ3) is 2.52. The molecular formula is C17H18N2O. The van der Waals surface area contributed by atoms with Crippen molar-refractivity contribution in [1.29, 1.82) is 0 Å². The molecule has 0 bridgehead atoms. The maximum Gasteiger partial charge on any atom is 0.295 e. The lowest BCUT2D eigenvalue weighted by Crippen LogP contribution is -2.24. The molecule has 102 valence electrons. The molecule has 0 spiro atoms. The number of amidine groups is 1. The zero-order valence-corrected chi connectivity index (χ0v) is 12.0. The van der Waals surface area contributed by atoms with Crippen LogP contribution in [-0.4, -0.2) is 11.6 Å². The number of nitrogens with one attached hydrogen (secondary N) is 1. The van der Waals surface area contributed by atoms with E-state index >= 15 is 0 Å². The Morgan fingerprint density at radius 1 is 0.900 bits per heavy atom. The number of para-hydroxylation sites is 2. The molecule has 0 unspecified atom stereocenters. The van der Waals surface area contributed by atoms with Gasteiger partial charge in [-0.1, -0.05) is 36.4 Å². The monoisotopic (exact) mass is 266 g/mol. The minimum atomic E-state index is -0.198. The Hall–Kier alpha value is -2.29. The van der Waals surface area contributed by atoms with Crippen molar-refractivity contribution in [3.8, 4) is 16.9 Å². The minimum Gasteiger partial charge on any atom is -0.425 e. The first-order valence-electron chi connectivity index (χ1n) is 6.76. The molecule has 0 fully saturated rings. The van der Waals surface area contributed by atoms with Crippen molar-refractivity contribution < 1.29 is 4.74 Å². The zero-order chi connectivity index (χ0) is 14.2. The van der Waals surface area contributed by atoms with Crippen LogP contribution in [0.15, 0.2) is 53.5 Å². The van der Waals surface area contributed by atoms with E-state index in [1.165, 1.54) is 0 Å². The van der Waals surface area contributed by atoms with Gasteiger partial charge < -0.3 is 10.1 Å². The van der Waals surface area contributed by atoms with Crippen LogP contribution in [0.2, 0.25) is 0 Å². The molecule has 1 heterocycles. The van der Waals surface area contributed by atoms with Gasteiger partial charge in [-0.15, -0.1) is 0 Å². The van der Waals surface area contributed by atoms with Crippen molar-refractivity contribution in [3.63, 3.8) is 0 Å². The highest BCUT2D eigenvalue weighted by Crippen LogP contribution is 2.37. The van der Waals surface area contributed by atoms with Crippen molar-refractivity contribution in [3.05, 3.63) is 48.5 Å². The molecule has 0 amide bonds. The van der Waals surface area contributed by atoms with Crippen LogP contribution < -0.4 is 10.1 Å². The van der Waals surface area contributed by atoms with E-state index < -0.39 is 0 Å². The van der Waals surface area contributed by atoms with Crippen molar-refractivity contribution in [2.24, 2.45) is 4.99 Å². The SMILES string of the molecule is CC(C)(C)N=C1Nc2ccccc2-c2ccccc2O1. The summed E-state index contributed by atoms with van der Waals surface area (Å²) in [6, 6.07) is 16.7. The molecule has 20 heavy (non-hydrogen) atoms. The molecule has 3 rings (SSSR count). The van der Waals surface area contributed by atoms with Gasteiger partial charge in [0.2, 0.25) is 0 Å². The second kappa shape index (κ2) is 4.67. The van der Waals surface area contributed by atoms with Gasteiger partial charge in [0.15, 0.2) is 0 Å². The van der Waals surface area contributed by atoms with E-state index in [1.807, 2.05) is 57.2 Å². The summed E-state index contributed by atoms with van der Waals surface area (Å²) in [5.41, 5.74) is 3.02. The molecule has 2 aromatic carbocycles. The van der Waals surface area contributed by atoms with E-state index in [-0.39, 0.29) is 5.54 Å². The van der Waals surface area contributed by atoms with E-state index in [0.29, 0.717) is 6.02 Å². The molecule has 3 heteroatoms. The lowest BCUT2D eigenvalue weighted by molar-refractivity contribution is 0.510. The van der Waals surface area contributed by atoms with E-state index in [9.17, 15) is 0 Å². The van der Waals surface area contributed by atoms with E-state index in [4.69, 9.17) is 4.74 Å². The number of hydrogen-bond donors (Lipinski definition) is 1. The number of anilines is 1. The van der Waals surface area contributed by atoms with Crippen LogP contribution >= 0.6 is 0 Å². The fraction of sp³-hybridized carbons (Fsp3) is 0.235. The van der Waals surface area contributed by atoms with Crippen LogP contribution in [0.3, 0.4) is 0 Å². The highest BCUT2D eigenvalue weighted by Gasteiger charge is 2.20. The van der Waals surface area contributed by atoms with Crippen molar-refractivity contribution in [1.82, 2.24) is 0 Å². The number of ether oxygens (including phenoxy) is 1. The molecule has 1 aliphatic rings. The maximum atomic E-state index is 5.95. The number of fused-ring (bicyclic) bond motifs is 3. The standard InChI is InChI=1S/C17H18N2O/c1-17(2,3)19-16-18-14-10-6-4-8-12(14)13-9-5-7-11-15(13)20-16/h4-11H,1-3H3,(H,18,19). The summed E-state index contributed by atoms with van der Waals surface area (Å²) in [7, 11) is 0. The molecule has 0 saturated heterocycles. The molecule has 1 N–H and O–H groups in total. The van der Waals surface area contributed by atoms with Crippen LogP contribution in [0, 0.1) is 0 Å². The Balaban J connectivity index is 2.17. The summed E-state index contributed by atoms with van der Waals surface area (Å²) in [6.45, 7) is 6.15. The topological polar surface area (TPSA) is 33.6 Å². The summed E-state index contributed by atoms with van der Waals surface area (Å²) in [5.74, 6) is 0.827. The van der Waals surface area contributed by atoms with Crippen LogP contribution in [-0.2, 0) is 0 Å². The molecule has 1 aliphatic heterocycles. The van der Waals surface area contributed by atoms with Gasteiger partial charge >= 0.3 is 0 Å². The van der Waals surface area contributed by atoms with Crippen LogP contribution in [0.1, 0.15) is 20.8 Å². The Morgan fingerprint density at radius 2 is 1.55 bits per heavy atom. The summed E-state index contributed by atoms with van der Waals surface area (Å²) in [6.07, 6.45) is 0. The van der Waals surface area contributed by atoms with Crippen LogP contribution in [0.5, 0.6) is 5.75 Å². The van der Waals surface area contributed by atoms with E-state index in [2.05, 4.69) is 22.4 Å². The second-order valence-electron chi connectivity index (χ2n) is 5.86. The van der Waals surface area contributed by atoms with Crippen molar-refractivity contribution >= 4 is 11.7 Å². The van der Waals surface area contributed by atoms with Gasteiger partial charge in [0.05, 0.1) is 11.2 Å². The first-order valence-corrected chi connectivity index (χ1v) is 6.76. The number of benzene rings is 2. The first-order chi connectivity index (χ1) is 9.53. The second-order valence-corrected chi connectivity index (χ2v) is 5.86. The summed E-state index contributed by atoms with van der Waals surface area (Å²) >= 11 is 0. The Labute approximate surface area is 119 Å². The van der Waals surface area contributed by atoms with Gasteiger partial charge in [-0.2, -0.15) is 0 Å². The summed E-state index contributed by atoms with van der Waals surface area (Å²) in [4.78, 5) is 4.61. The van der Waals surface area contributed by atoms with Gasteiger partial charge in [0.25, 0.3) is 6.02 Å². The average Bonchev–Trinajstić information content (AvgIpc) is 2.52. The zero-order valence-electron chi connectivity index (χ0n) is 12.0. The first kappa shape index (κ1) is 12.7. The highest BCUT2D eigenvalue weighted by molar-refractivity contribution is 5.99.